The second kappa shape index (κ2) is 8.57. The van der Waals surface area contributed by atoms with Crippen LogP contribution in [0.3, 0.4) is 0 Å². The summed E-state index contributed by atoms with van der Waals surface area (Å²) in [4.78, 5) is 17.1. The Morgan fingerprint density at radius 2 is 2.15 bits per heavy atom. The first-order valence-corrected chi connectivity index (χ1v) is 9.74. The highest BCUT2D eigenvalue weighted by atomic mass is 16.6. The number of nitrogens with zero attached hydrogens (tertiary/aromatic N) is 2. The highest BCUT2D eigenvalue weighted by Gasteiger charge is 2.57. The number of hydrogen-bond acceptors (Lipinski definition) is 3. The molecule has 0 bridgehead atoms. The van der Waals surface area contributed by atoms with E-state index in [-0.39, 0.29) is 11.6 Å². The molecule has 0 saturated carbocycles. The zero-order valence-electron chi connectivity index (χ0n) is 16.4. The summed E-state index contributed by atoms with van der Waals surface area (Å²) in [5.41, 5.74) is 2.23. The molecular formula is C23H30N2O2. The van der Waals surface area contributed by atoms with Crippen molar-refractivity contribution < 1.29 is 9.53 Å². The average molecular weight is 367 g/mol. The van der Waals surface area contributed by atoms with Crippen molar-refractivity contribution in [3.63, 3.8) is 0 Å². The minimum Gasteiger partial charge on any atom is -0.445 e. The van der Waals surface area contributed by atoms with E-state index >= 15 is 0 Å². The van der Waals surface area contributed by atoms with Crippen molar-refractivity contribution in [2.45, 2.75) is 32.4 Å². The Hall–Kier alpha value is -2.33. The molecule has 0 aromatic heterocycles. The summed E-state index contributed by atoms with van der Waals surface area (Å²) in [6, 6.07) is 10.5. The fraction of sp³-hybridized carbons (Fsp3) is 0.435. The number of carbonyl (C=O) groups excluding carboxylic acids is 1. The molecule has 3 rings (SSSR count). The first-order valence-electron chi connectivity index (χ1n) is 9.74. The maximum atomic E-state index is 12.7. The molecule has 1 spiro atoms. The molecule has 2 aliphatic rings. The zero-order valence-corrected chi connectivity index (χ0v) is 16.4. The molecule has 144 valence electrons. The van der Waals surface area contributed by atoms with Crippen LogP contribution in [0.4, 0.5) is 4.79 Å². The van der Waals surface area contributed by atoms with E-state index in [2.05, 4.69) is 42.7 Å². The number of rotatable bonds is 6. The van der Waals surface area contributed by atoms with Crippen molar-refractivity contribution in [2.24, 2.45) is 5.92 Å². The molecule has 4 nitrogen and oxygen atoms in total. The second-order valence-electron chi connectivity index (χ2n) is 7.57. The Morgan fingerprint density at radius 1 is 1.37 bits per heavy atom. The molecule has 1 aromatic rings. The molecule has 2 heterocycles. The van der Waals surface area contributed by atoms with Crippen LogP contribution in [0.15, 0.2) is 66.8 Å². The third-order valence-corrected chi connectivity index (χ3v) is 5.92. The van der Waals surface area contributed by atoms with Gasteiger partial charge >= 0.3 is 6.09 Å². The van der Waals surface area contributed by atoms with Gasteiger partial charge in [0.25, 0.3) is 0 Å². The van der Waals surface area contributed by atoms with Gasteiger partial charge in [-0.05, 0) is 30.4 Å². The number of hydrogen-bond donors (Lipinski definition) is 0. The summed E-state index contributed by atoms with van der Waals surface area (Å²) in [6.45, 7) is 11.8. The molecule has 0 unspecified atom stereocenters. The van der Waals surface area contributed by atoms with Gasteiger partial charge in [-0.1, -0.05) is 68.1 Å². The molecule has 2 atom stereocenters. The molecule has 1 aromatic carbocycles. The van der Waals surface area contributed by atoms with Crippen LogP contribution >= 0.6 is 0 Å². The number of benzene rings is 1. The lowest BCUT2D eigenvalue weighted by Gasteiger charge is -2.55. The lowest BCUT2D eigenvalue weighted by molar-refractivity contribution is -0.0537. The zero-order chi connectivity index (χ0) is 19.3. The van der Waals surface area contributed by atoms with Crippen LogP contribution in [0, 0.1) is 5.92 Å². The number of allylic oxidation sites excluding steroid dienone is 3. The minimum absolute atomic E-state index is 0.0705. The van der Waals surface area contributed by atoms with Gasteiger partial charge in [-0.2, -0.15) is 0 Å². The summed E-state index contributed by atoms with van der Waals surface area (Å²) < 4.78 is 5.60. The van der Waals surface area contributed by atoms with Crippen molar-refractivity contribution >= 4 is 6.09 Å². The van der Waals surface area contributed by atoms with Crippen LogP contribution in [-0.4, -0.2) is 47.7 Å². The quantitative estimate of drug-likeness (QED) is 0.699. The van der Waals surface area contributed by atoms with Gasteiger partial charge in [0.05, 0.1) is 5.54 Å². The maximum Gasteiger partial charge on any atom is 0.410 e. The van der Waals surface area contributed by atoms with E-state index in [9.17, 15) is 4.79 Å². The van der Waals surface area contributed by atoms with E-state index in [1.54, 1.807) is 6.08 Å². The van der Waals surface area contributed by atoms with Gasteiger partial charge in [-0.25, -0.2) is 4.79 Å². The van der Waals surface area contributed by atoms with Gasteiger partial charge in [0.1, 0.15) is 6.61 Å². The van der Waals surface area contributed by atoms with Crippen LogP contribution < -0.4 is 0 Å². The summed E-state index contributed by atoms with van der Waals surface area (Å²) in [6.07, 6.45) is 8.28. The molecule has 2 saturated heterocycles. The minimum atomic E-state index is -0.194. The van der Waals surface area contributed by atoms with Crippen molar-refractivity contribution in [3.8, 4) is 0 Å². The Morgan fingerprint density at radius 3 is 2.81 bits per heavy atom. The van der Waals surface area contributed by atoms with Gasteiger partial charge in [0.2, 0.25) is 0 Å². The molecular weight excluding hydrogens is 336 g/mol. The molecule has 27 heavy (non-hydrogen) atoms. The molecule has 2 aliphatic heterocycles. The van der Waals surface area contributed by atoms with E-state index in [0.29, 0.717) is 12.5 Å². The van der Waals surface area contributed by atoms with E-state index in [1.807, 2.05) is 36.1 Å². The third-order valence-electron chi connectivity index (χ3n) is 5.92. The second-order valence-corrected chi connectivity index (χ2v) is 7.57. The first kappa shape index (κ1) is 19.4. The molecule has 0 aliphatic carbocycles. The Labute approximate surface area is 162 Å². The smallest absolute Gasteiger partial charge is 0.410 e. The lowest BCUT2D eigenvalue weighted by Crippen LogP contribution is -2.69. The predicted octanol–water partition coefficient (Wildman–Crippen LogP) is 4.41. The summed E-state index contributed by atoms with van der Waals surface area (Å²) >= 11 is 0. The van der Waals surface area contributed by atoms with Crippen LogP contribution in [0.25, 0.3) is 0 Å². The number of amides is 1. The number of likely N-dealkylation sites (tertiary alicyclic amines) is 2. The van der Waals surface area contributed by atoms with Crippen molar-refractivity contribution in [1.82, 2.24) is 9.80 Å². The highest BCUT2D eigenvalue weighted by Crippen LogP contribution is 2.44. The molecule has 2 fully saturated rings. The highest BCUT2D eigenvalue weighted by molar-refractivity contribution is 5.70. The van der Waals surface area contributed by atoms with E-state index < -0.39 is 0 Å². The van der Waals surface area contributed by atoms with Crippen LogP contribution in [0.2, 0.25) is 0 Å². The van der Waals surface area contributed by atoms with Crippen LogP contribution in [0.5, 0.6) is 0 Å². The van der Waals surface area contributed by atoms with Gasteiger partial charge in [0.15, 0.2) is 0 Å². The standard InChI is InChI=1S/C23H30N2O2/c1-4-6-10-20(5-2)17-27-22(26)25-15-19(3)23(25)13-14-24(18-23)16-21-11-8-7-9-12-21/h4-12,19H,1,13-18H2,2-3H3/b10-6-,20-5+/t19-,23-/m0/s1. The van der Waals surface area contributed by atoms with Crippen molar-refractivity contribution in [2.75, 3.05) is 26.2 Å². The normalized spacial score (nSPS) is 25.8. The van der Waals surface area contributed by atoms with Gasteiger partial charge < -0.3 is 9.64 Å². The third kappa shape index (κ3) is 4.16. The predicted molar refractivity (Wildman–Crippen MR) is 109 cm³/mol. The van der Waals surface area contributed by atoms with Crippen LogP contribution in [0.1, 0.15) is 25.8 Å². The summed E-state index contributed by atoms with van der Waals surface area (Å²) in [5.74, 6) is 0.507. The Balaban J connectivity index is 1.58. The molecule has 0 radical (unpaired) electrons. The summed E-state index contributed by atoms with van der Waals surface area (Å²) in [7, 11) is 0. The fourth-order valence-electron chi connectivity index (χ4n) is 4.17. The maximum absolute atomic E-state index is 12.7. The Kier molecular flexibility index (Phi) is 6.17. The van der Waals surface area contributed by atoms with E-state index in [1.165, 1.54) is 5.56 Å². The van der Waals surface area contributed by atoms with Gasteiger partial charge in [-0.3, -0.25) is 4.90 Å². The van der Waals surface area contributed by atoms with Crippen molar-refractivity contribution in [1.29, 1.82) is 0 Å². The Bertz CT molecular complexity index is 725. The molecule has 0 N–H and O–H groups in total. The SMILES string of the molecule is C=C/C=C\C(=C/C)COC(=O)N1C[C@H](C)[C@@]12CCN(Cc1ccccc1)C2. The number of ether oxygens (including phenoxy) is 1. The lowest BCUT2D eigenvalue weighted by atomic mass is 9.74. The number of carbonyl (C=O) groups is 1. The average Bonchev–Trinajstić information content (AvgIpc) is 3.13. The van der Waals surface area contributed by atoms with Crippen LogP contribution in [-0.2, 0) is 11.3 Å². The monoisotopic (exact) mass is 366 g/mol. The fourth-order valence-corrected chi connectivity index (χ4v) is 4.17. The van der Waals surface area contributed by atoms with Gasteiger partial charge in [0, 0.05) is 26.2 Å². The topological polar surface area (TPSA) is 32.8 Å². The van der Waals surface area contributed by atoms with Gasteiger partial charge in [-0.15, -0.1) is 0 Å². The van der Waals surface area contributed by atoms with E-state index in [0.717, 1.165) is 38.2 Å². The molecule has 4 heteroatoms. The molecule has 1 amide bonds. The largest absolute Gasteiger partial charge is 0.445 e. The van der Waals surface area contributed by atoms with E-state index in [4.69, 9.17) is 4.74 Å². The first-order chi connectivity index (χ1) is 13.1. The summed E-state index contributed by atoms with van der Waals surface area (Å²) in [5, 5.41) is 0. The van der Waals surface area contributed by atoms with Crippen molar-refractivity contribution in [3.05, 3.63) is 72.4 Å².